The van der Waals surface area contributed by atoms with Gasteiger partial charge in [-0.2, -0.15) is 0 Å². The van der Waals surface area contributed by atoms with Crippen LogP contribution in [0.3, 0.4) is 0 Å². The van der Waals surface area contributed by atoms with Crippen molar-refractivity contribution in [2.24, 2.45) is 5.73 Å². The Bertz CT molecular complexity index is 410. The van der Waals surface area contributed by atoms with Crippen molar-refractivity contribution in [2.45, 2.75) is 6.04 Å². The third kappa shape index (κ3) is 2.36. The summed E-state index contributed by atoms with van der Waals surface area (Å²) in [6.07, 6.45) is 0. The SMILES string of the molecule is NC1CN(C(=O)C#Cc2ccccc2)C1. The lowest BCUT2D eigenvalue weighted by Gasteiger charge is -2.35. The van der Waals surface area contributed by atoms with Crippen LogP contribution in [0.2, 0.25) is 0 Å². The average Bonchev–Trinajstić information content (AvgIpc) is 2.23. The molecule has 1 fully saturated rings. The molecule has 1 aliphatic rings. The van der Waals surface area contributed by atoms with E-state index in [0.717, 1.165) is 5.56 Å². The zero-order valence-corrected chi connectivity index (χ0v) is 8.31. The summed E-state index contributed by atoms with van der Waals surface area (Å²) in [5.41, 5.74) is 6.43. The maximum absolute atomic E-state index is 11.4. The summed E-state index contributed by atoms with van der Waals surface area (Å²) in [6.45, 7) is 1.25. The van der Waals surface area contributed by atoms with Gasteiger partial charge in [-0.3, -0.25) is 4.79 Å². The van der Waals surface area contributed by atoms with Gasteiger partial charge in [0, 0.05) is 30.6 Å². The minimum Gasteiger partial charge on any atom is -0.329 e. The lowest BCUT2D eigenvalue weighted by molar-refractivity contribution is -0.129. The monoisotopic (exact) mass is 200 g/mol. The van der Waals surface area contributed by atoms with Gasteiger partial charge in [-0.15, -0.1) is 0 Å². The molecule has 1 aromatic carbocycles. The standard InChI is InChI=1S/C12H12N2O/c13-11-8-14(9-11)12(15)7-6-10-4-2-1-3-5-10/h1-5,11H,8-9,13H2. The molecule has 15 heavy (non-hydrogen) atoms. The lowest BCUT2D eigenvalue weighted by atomic mass is 10.1. The summed E-state index contributed by atoms with van der Waals surface area (Å²) in [7, 11) is 0. The van der Waals surface area contributed by atoms with Crippen molar-refractivity contribution >= 4 is 5.91 Å². The molecule has 76 valence electrons. The summed E-state index contributed by atoms with van der Waals surface area (Å²) in [5, 5.41) is 0. The quantitative estimate of drug-likeness (QED) is 0.608. The Morgan fingerprint density at radius 3 is 2.60 bits per heavy atom. The van der Waals surface area contributed by atoms with Crippen LogP contribution in [0.5, 0.6) is 0 Å². The third-order valence-corrected chi connectivity index (χ3v) is 2.28. The van der Waals surface area contributed by atoms with Crippen LogP contribution in [0.15, 0.2) is 30.3 Å². The molecule has 2 N–H and O–H groups in total. The molecule has 0 bridgehead atoms. The molecule has 0 atom stereocenters. The van der Waals surface area contributed by atoms with E-state index >= 15 is 0 Å². The second-order valence-corrected chi connectivity index (χ2v) is 3.59. The topological polar surface area (TPSA) is 46.3 Å². The van der Waals surface area contributed by atoms with E-state index in [1.165, 1.54) is 0 Å². The molecular weight excluding hydrogens is 188 g/mol. The Morgan fingerprint density at radius 2 is 2.00 bits per heavy atom. The first-order chi connectivity index (χ1) is 7.25. The fourth-order valence-corrected chi connectivity index (χ4v) is 1.40. The fourth-order valence-electron chi connectivity index (χ4n) is 1.40. The van der Waals surface area contributed by atoms with Gasteiger partial charge in [-0.25, -0.2) is 0 Å². The number of amides is 1. The molecule has 0 spiro atoms. The molecule has 0 radical (unpaired) electrons. The molecule has 0 aromatic heterocycles. The summed E-state index contributed by atoms with van der Waals surface area (Å²) >= 11 is 0. The second kappa shape index (κ2) is 4.16. The molecule has 1 amide bonds. The smallest absolute Gasteiger partial charge is 0.298 e. The van der Waals surface area contributed by atoms with Gasteiger partial charge in [0.25, 0.3) is 5.91 Å². The number of hydrogen-bond donors (Lipinski definition) is 1. The lowest BCUT2D eigenvalue weighted by Crippen LogP contribution is -2.57. The fraction of sp³-hybridized carbons (Fsp3) is 0.250. The van der Waals surface area contributed by atoms with Crippen LogP contribution in [0.25, 0.3) is 0 Å². The van der Waals surface area contributed by atoms with E-state index in [9.17, 15) is 4.79 Å². The van der Waals surface area contributed by atoms with Crippen LogP contribution >= 0.6 is 0 Å². The van der Waals surface area contributed by atoms with Gasteiger partial charge < -0.3 is 10.6 Å². The molecule has 3 nitrogen and oxygen atoms in total. The first-order valence-corrected chi connectivity index (χ1v) is 4.87. The van der Waals surface area contributed by atoms with Crippen LogP contribution in [-0.2, 0) is 4.79 Å². The van der Waals surface area contributed by atoms with E-state index in [2.05, 4.69) is 11.8 Å². The number of benzene rings is 1. The van der Waals surface area contributed by atoms with Crippen LogP contribution in [0.1, 0.15) is 5.56 Å². The maximum atomic E-state index is 11.4. The Morgan fingerprint density at radius 1 is 1.33 bits per heavy atom. The van der Waals surface area contributed by atoms with Crippen molar-refractivity contribution < 1.29 is 4.79 Å². The number of nitrogens with two attached hydrogens (primary N) is 1. The highest BCUT2D eigenvalue weighted by molar-refractivity contribution is 5.94. The molecule has 3 heteroatoms. The Hall–Kier alpha value is -1.79. The van der Waals surface area contributed by atoms with Crippen LogP contribution < -0.4 is 5.73 Å². The van der Waals surface area contributed by atoms with E-state index in [4.69, 9.17) is 5.73 Å². The number of carbonyl (C=O) groups excluding carboxylic acids is 1. The molecule has 1 aliphatic heterocycles. The van der Waals surface area contributed by atoms with Crippen LogP contribution in [0.4, 0.5) is 0 Å². The first-order valence-electron chi connectivity index (χ1n) is 4.87. The summed E-state index contributed by atoms with van der Waals surface area (Å²) in [4.78, 5) is 13.1. The van der Waals surface area contributed by atoms with Crippen molar-refractivity contribution in [3.8, 4) is 11.8 Å². The normalized spacial score (nSPS) is 15.1. The first kappa shape index (κ1) is 9.75. The molecule has 1 heterocycles. The van der Waals surface area contributed by atoms with E-state index < -0.39 is 0 Å². The summed E-state index contributed by atoms with van der Waals surface area (Å²) in [6, 6.07) is 9.60. The minimum atomic E-state index is -0.138. The van der Waals surface area contributed by atoms with E-state index in [-0.39, 0.29) is 11.9 Å². The second-order valence-electron chi connectivity index (χ2n) is 3.59. The Kier molecular flexibility index (Phi) is 2.70. The van der Waals surface area contributed by atoms with Crippen molar-refractivity contribution in [2.75, 3.05) is 13.1 Å². The van der Waals surface area contributed by atoms with E-state index in [0.29, 0.717) is 13.1 Å². The van der Waals surface area contributed by atoms with Gasteiger partial charge in [0.1, 0.15) is 0 Å². The van der Waals surface area contributed by atoms with Gasteiger partial charge in [0.15, 0.2) is 0 Å². The highest BCUT2D eigenvalue weighted by Gasteiger charge is 2.26. The number of rotatable bonds is 0. The zero-order valence-electron chi connectivity index (χ0n) is 8.31. The van der Waals surface area contributed by atoms with Gasteiger partial charge in [-0.1, -0.05) is 24.1 Å². The molecule has 1 aromatic rings. The number of nitrogens with zero attached hydrogens (tertiary/aromatic N) is 1. The van der Waals surface area contributed by atoms with E-state index in [1.807, 2.05) is 30.3 Å². The molecule has 1 saturated heterocycles. The van der Waals surface area contributed by atoms with E-state index in [1.54, 1.807) is 4.90 Å². The van der Waals surface area contributed by atoms with Crippen molar-refractivity contribution in [3.63, 3.8) is 0 Å². The molecule has 2 rings (SSSR count). The van der Waals surface area contributed by atoms with Crippen LogP contribution in [-0.4, -0.2) is 29.9 Å². The Balaban J connectivity index is 1.97. The molecule has 0 saturated carbocycles. The van der Waals surface area contributed by atoms with Crippen LogP contribution in [0, 0.1) is 11.8 Å². The largest absolute Gasteiger partial charge is 0.329 e. The van der Waals surface area contributed by atoms with Gasteiger partial charge in [0.2, 0.25) is 0 Å². The summed E-state index contributed by atoms with van der Waals surface area (Å²) in [5.74, 6) is 5.29. The van der Waals surface area contributed by atoms with Crippen molar-refractivity contribution in [3.05, 3.63) is 35.9 Å². The maximum Gasteiger partial charge on any atom is 0.298 e. The predicted octanol–water partition coefficient (Wildman–Crippen LogP) is 0.208. The predicted molar refractivity (Wildman–Crippen MR) is 57.9 cm³/mol. The zero-order chi connectivity index (χ0) is 10.7. The molecule has 0 unspecified atom stereocenters. The van der Waals surface area contributed by atoms with Crippen molar-refractivity contribution in [1.29, 1.82) is 0 Å². The highest BCUT2D eigenvalue weighted by atomic mass is 16.2. The molecular formula is C12H12N2O. The number of carbonyl (C=O) groups is 1. The average molecular weight is 200 g/mol. The highest BCUT2D eigenvalue weighted by Crippen LogP contribution is 2.04. The third-order valence-electron chi connectivity index (χ3n) is 2.28. The Labute approximate surface area is 88.9 Å². The number of likely N-dealkylation sites (tertiary alicyclic amines) is 1. The van der Waals surface area contributed by atoms with Gasteiger partial charge >= 0.3 is 0 Å². The molecule has 0 aliphatic carbocycles. The van der Waals surface area contributed by atoms with Gasteiger partial charge in [-0.05, 0) is 12.1 Å². The van der Waals surface area contributed by atoms with Gasteiger partial charge in [0.05, 0.1) is 0 Å². The summed E-state index contributed by atoms with van der Waals surface area (Å²) < 4.78 is 0. The minimum absolute atomic E-state index is 0.132. The van der Waals surface area contributed by atoms with Crippen molar-refractivity contribution in [1.82, 2.24) is 4.90 Å². The number of hydrogen-bond acceptors (Lipinski definition) is 2.